The van der Waals surface area contributed by atoms with Crippen LogP contribution < -0.4 is 15.8 Å². The van der Waals surface area contributed by atoms with Gasteiger partial charge in [0.05, 0.1) is 18.7 Å². The second-order valence-electron chi connectivity index (χ2n) is 5.51. The van der Waals surface area contributed by atoms with Gasteiger partial charge in [-0.15, -0.1) is 24.0 Å². The summed E-state index contributed by atoms with van der Waals surface area (Å²) in [4.78, 5) is 4.50. The molecule has 2 aromatic rings. The van der Waals surface area contributed by atoms with Crippen LogP contribution in [0.25, 0.3) is 0 Å². The van der Waals surface area contributed by atoms with E-state index < -0.39 is 0 Å². The van der Waals surface area contributed by atoms with E-state index in [0.717, 1.165) is 17.9 Å². The van der Waals surface area contributed by atoms with E-state index in [-0.39, 0.29) is 24.0 Å². The average molecular weight is 490 g/mol. The second-order valence-corrected chi connectivity index (χ2v) is 7.23. The van der Waals surface area contributed by atoms with Gasteiger partial charge in [-0.2, -0.15) is 11.8 Å². The van der Waals surface area contributed by atoms with Crippen molar-refractivity contribution in [1.82, 2.24) is 0 Å². The van der Waals surface area contributed by atoms with Crippen molar-refractivity contribution in [1.29, 1.82) is 0 Å². The third-order valence-electron chi connectivity index (χ3n) is 3.94. The molecule has 3 rings (SSSR count). The molecule has 0 aromatic heterocycles. The fraction of sp³-hybridized carbons (Fsp3) is 0.278. The molecule has 0 fully saturated rings. The van der Waals surface area contributed by atoms with E-state index in [1.54, 1.807) is 19.2 Å². The zero-order valence-corrected chi connectivity index (χ0v) is 17.8. The first kappa shape index (κ1) is 20.2. The molecule has 0 saturated carbocycles. The van der Waals surface area contributed by atoms with E-state index in [1.165, 1.54) is 11.1 Å². The van der Waals surface area contributed by atoms with Crippen LogP contribution in [0.2, 0.25) is 5.02 Å². The van der Waals surface area contributed by atoms with E-state index in [2.05, 4.69) is 34.6 Å². The Morgan fingerprint density at radius 1 is 1.36 bits per heavy atom. The van der Waals surface area contributed by atoms with Gasteiger partial charge >= 0.3 is 0 Å². The molecule has 2 aromatic carbocycles. The number of ether oxygens (including phenoxy) is 1. The zero-order chi connectivity index (χ0) is 16.9. The van der Waals surface area contributed by atoms with Gasteiger partial charge in [-0.1, -0.05) is 35.9 Å². The summed E-state index contributed by atoms with van der Waals surface area (Å²) in [5.41, 5.74) is 9.60. The maximum Gasteiger partial charge on any atom is 0.193 e. The summed E-state index contributed by atoms with van der Waals surface area (Å²) in [7, 11) is 1.59. The fourth-order valence-corrected chi connectivity index (χ4v) is 4.21. The number of fused-ring (bicyclic) bond motifs is 1. The smallest absolute Gasteiger partial charge is 0.193 e. The Bertz CT molecular complexity index is 757. The molecule has 0 bridgehead atoms. The van der Waals surface area contributed by atoms with Gasteiger partial charge < -0.3 is 15.8 Å². The van der Waals surface area contributed by atoms with Gasteiger partial charge in [0.15, 0.2) is 5.96 Å². The summed E-state index contributed by atoms with van der Waals surface area (Å²) in [6.45, 7) is 0.657. The highest BCUT2D eigenvalue weighted by atomic mass is 127. The van der Waals surface area contributed by atoms with E-state index in [0.29, 0.717) is 28.5 Å². The number of thioether (sulfide) groups is 1. The van der Waals surface area contributed by atoms with Crippen LogP contribution >= 0.6 is 47.3 Å². The molecule has 4 nitrogen and oxygen atoms in total. The maximum absolute atomic E-state index is 6.12. The maximum atomic E-state index is 6.12. The highest BCUT2D eigenvalue weighted by molar-refractivity contribution is 14.0. The van der Waals surface area contributed by atoms with Crippen molar-refractivity contribution in [2.45, 2.75) is 11.7 Å². The van der Waals surface area contributed by atoms with Crippen molar-refractivity contribution in [3.8, 4) is 5.75 Å². The molecular weight excluding hydrogens is 469 g/mol. The van der Waals surface area contributed by atoms with Gasteiger partial charge in [0.25, 0.3) is 0 Å². The summed E-state index contributed by atoms with van der Waals surface area (Å²) in [5, 5.41) is 3.97. The molecule has 3 N–H and O–H groups in total. The van der Waals surface area contributed by atoms with Crippen LogP contribution in [0.5, 0.6) is 5.75 Å². The normalized spacial score (nSPS) is 16.6. The molecule has 1 aliphatic rings. The van der Waals surface area contributed by atoms with Crippen LogP contribution in [0.15, 0.2) is 47.5 Å². The summed E-state index contributed by atoms with van der Waals surface area (Å²) >= 11 is 8.05. The number of guanidine groups is 1. The Morgan fingerprint density at radius 2 is 2.16 bits per heavy atom. The van der Waals surface area contributed by atoms with Crippen LogP contribution in [-0.2, 0) is 6.42 Å². The SMILES string of the molecule is COc1ccc(NC(N)=NCC2SCCc3ccccc32)cc1Cl.I. The van der Waals surface area contributed by atoms with Crippen molar-refractivity contribution in [2.75, 3.05) is 24.7 Å². The quantitative estimate of drug-likeness (QED) is 0.370. The number of nitrogens with zero attached hydrogens (tertiary/aromatic N) is 1. The van der Waals surface area contributed by atoms with E-state index in [9.17, 15) is 0 Å². The largest absolute Gasteiger partial charge is 0.495 e. The standard InChI is InChI=1S/C18H20ClN3OS.HI/c1-23-16-7-6-13(10-15(16)19)22-18(20)21-11-17-14-5-3-2-4-12(14)8-9-24-17;/h2-7,10,17H,8-9,11H2,1H3,(H3,20,21,22);1H. The summed E-state index contributed by atoms with van der Waals surface area (Å²) in [6, 6.07) is 14.0. The van der Waals surface area contributed by atoms with Crippen molar-refractivity contribution < 1.29 is 4.74 Å². The minimum absolute atomic E-state index is 0. The first-order valence-electron chi connectivity index (χ1n) is 7.77. The van der Waals surface area contributed by atoms with Crippen molar-refractivity contribution in [3.63, 3.8) is 0 Å². The molecule has 0 radical (unpaired) electrons. The summed E-state index contributed by atoms with van der Waals surface area (Å²) < 4.78 is 5.14. The molecule has 7 heteroatoms. The number of aryl methyl sites for hydroxylation is 1. The molecule has 25 heavy (non-hydrogen) atoms. The molecule has 1 unspecified atom stereocenters. The van der Waals surface area contributed by atoms with Crippen molar-refractivity contribution >= 4 is 59.0 Å². The van der Waals surface area contributed by atoms with Gasteiger partial charge in [-0.3, -0.25) is 4.99 Å². The van der Waals surface area contributed by atoms with Gasteiger partial charge in [-0.25, -0.2) is 0 Å². The lowest BCUT2D eigenvalue weighted by molar-refractivity contribution is 0.415. The number of nitrogens with two attached hydrogens (primary N) is 1. The van der Waals surface area contributed by atoms with Crippen LogP contribution in [0.3, 0.4) is 0 Å². The van der Waals surface area contributed by atoms with Crippen molar-refractivity contribution in [2.24, 2.45) is 10.7 Å². The molecule has 0 saturated heterocycles. The second kappa shape index (κ2) is 9.54. The van der Waals surface area contributed by atoms with Gasteiger partial charge in [0, 0.05) is 10.9 Å². The number of anilines is 1. The lowest BCUT2D eigenvalue weighted by atomic mass is 10.0. The third kappa shape index (κ3) is 5.18. The lowest BCUT2D eigenvalue weighted by Crippen LogP contribution is -2.24. The minimum atomic E-state index is 0. The van der Waals surface area contributed by atoms with Crippen molar-refractivity contribution in [3.05, 3.63) is 58.6 Å². The minimum Gasteiger partial charge on any atom is -0.495 e. The summed E-state index contributed by atoms with van der Waals surface area (Å²) in [6.07, 6.45) is 1.12. The predicted molar refractivity (Wildman–Crippen MR) is 119 cm³/mol. The molecule has 1 heterocycles. The Labute approximate surface area is 174 Å². The van der Waals surface area contributed by atoms with E-state index in [4.69, 9.17) is 22.1 Å². The van der Waals surface area contributed by atoms with Crippen LogP contribution in [0.4, 0.5) is 5.69 Å². The average Bonchev–Trinajstić information content (AvgIpc) is 2.60. The third-order valence-corrected chi connectivity index (χ3v) is 5.48. The molecular formula is C18H21ClIN3OS. The highest BCUT2D eigenvalue weighted by Crippen LogP contribution is 2.36. The number of benzene rings is 2. The Kier molecular flexibility index (Phi) is 7.71. The zero-order valence-electron chi connectivity index (χ0n) is 13.9. The molecule has 1 atom stereocenters. The number of methoxy groups -OCH3 is 1. The number of rotatable bonds is 4. The number of hydrogen-bond acceptors (Lipinski definition) is 3. The fourth-order valence-electron chi connectivity index (χ4n) is 2.74. The number of nitrogens with one attached hydrogen (secondary N) is 1. The van der Waals surface area contributed by atoms with E-state index in [1.807, 2.05) is 17.8 Å². The molecule has 0 spiro atoms. The number of aliphatic imine (C=N–C) groups is 1. The number of hydrogen-bond donors (Lipinski definition) is 2. The summed E-state index contributed by atoms with van der Waals surface area (Å²) in [5.74, 6) is 2.14. The van der Waals surface area contributed by atoms with Crippen LogP contribution in [-0.4, -0.2) is 25.4 Å². The van der Waals surface area contributed by atoms with Gasteiger partial charge in [-0.05, 0) is 41.5 Å². The molecule has 0 aliphatic carbocycles. The van der Waals surface area contributed by atoms with Crippen LogP contribution in [0, 0.1) is 0 Å². The van der Waals surface area contributed by atoms with Gasteiger partial charge in [0.1, 0.15) is 5.75 Å². The molecule has 1 aliphatic heterocycles. The Morgan fingerprint density at radius 3 is 2.92 bits per heavy atom. The topological polar surface area (TPSA) is 59.6 Å². The first-order valence-corrected chi connectivity index (χ1v) is 9.20. The highest BCUT2D eigenvalue weighted by Gasteiger charge is 2.19. The Hall–Kier alpha value is -1.12. The molecule has 134 valence electrons. The first-order chi connectivity index (χ1) is 11.7. The van der Waals surface area contributed by atoms with E-state index >= 15 is 0 Å². The lowest BCUT2D eigenvalue weighted by Gasteiger charge is -2.23. The van der Waals surface area contributed by atoms with Crippen LogP contribution in [0.1, 0.15) is 16.4 Å². The number of halogens is 2. The molecule has 0 amide bonds. The Balaban J connectivity index is 0.00000225. The van der Waals surface area contributed by atoms with Gasteiger partial charge in [0.2, 0.25) is 0 Å². The monoisotopic (exact) mass is 489 g/mol. The predicted octanol–water partition coefficient (Wildman–Crippen LogP) is 4.72.